The number of aromatic amines is 3. The summed E-state index contributed by atoms with van der Waals surface area (Å²) in [4.78, 5) is 67.9. The van der Waals surface area contributed by atoms with Gasteiger partial charge in [-0.1, -0.05) is 67.9 Å². The van der Waals surface area contributed by atoms with E-state index in [9.17, 15) is 23.2 Å². The van der Waals surface area contributed by atoms with Crippen molar-refractivity contribution in [3.63, 3.8) is 0 Å². The van der Waals surface area contributed by atoms with Crippen molar-refractivity contribution < 1.29 is 28.4 Å². The first-order chi connectivity index (χ1) is 48.7. The highest BCUT2D eigenvalue weighted by Crippen LogP contribution is 2.40. The van der Waals surface area contributed by atoms with Crippen LogP contribution >= 0.6 is 11.3 Å². The fraction of sp³-hybridized carbons (Fsp3) is 0.260. The molecule has 13 heterocycles. The second kappa shape index (κ2) is 27.5. The largest absolute Gasteiger partial charge is 0.595 e. The number of imidazole rings is 3. The lowest BCUT2D eigenvalue weighted by Crippen LogP contribution is -2.99. The van der Waals surface area contributed by atoms with Gasteiger partial charge in [-0.15, -0.1) is 0 Å². The molecule has 11 N–H and O–H groups in total. The van der Waals surface area contributed by atoms with Gasteiger partial charge in [0.1, 0.15) is 68.6 Å². The van der Waals surface area contributed by atoms with Gasteiger partial charge in [0.2, 0.25) is 10.0 Å². The molecular weight excluding hydrogens is 1300 g/mol. The van der Waals surface area contributed by atoms with Crippen LogP contribution in [0.2, 0.25) is 0 Å². The third-order valence-electron chi connectivity index (χ3n) is 19.6. The summed E-state index contributed by atoms with van der Waals surface area (Å²) < 4.78 is 33.0. The van der Waals surface area contributed by atoms with Crippen molar-refractivity contribution in [2.45, 2.75) is 76.0 Å². The average Bonchev–Trinajstić information content (AvgIpc) is 1.60. The second-order valence-corrected chi connectivity index (χ2v) is 28.6. The summed E-state index contributed by atoms with van der Waals surface area (Å²) in [7, 11) is -3.18. The number of para-hydroxylation sites is 3. The number of aromatic nitrogens is 12. The molecule has 10 aromatic heterocycles. The van der Waals surface area contributed by atoms with Gasteiger partial charge in [0.15, 0.2) is 5.69 Å². The molecule has 14 aromatic rings. The number of nitrogen functional groups attached to an aromatic ring is 3. The number of sulfonamides is 1. The number of fused-ring (bicyclic) bond motifs is 6. The summed E-state index contributed by atoms with van der Waals surface area (Å²) in [6.45, 7) is 5.66. The molecule has 3 aliphatic heterocycles. The Kier molecular flexibility index (Phi) is 17.9. The Morgan fingerprint density at radius 1 is 0.550 bits per heavy atom. The fourth-order valence-corrected chi connectivity index (χ4v) is 16.6. The van der Waals surface area contributed by atoms with E-state index in [0.717, 1.165) is 164 Å². The molecule has 3 fully saturated rings. The van der Waals surface area contributed by atoms with E-state index in [1.165, 1.54) is 12.1 Å². The summed E-state index contributed by atoms with van der Waals surface area (Å²) in [5, 5.41) is 26.4. The summed E-state index contributed by atoms with van der Waals surface area (Å²) >= 11 is 1.55. The molecule has 3 aliphatic rings. The van der Waals surface area contributed by atoms with Crippen molar-refractivity contribution >= 4 is 106 Å². The molecule has 2 amide bonds. The average molecular weight is 1380 g/mol. The van der Waals surface area contributed by atoms with Crippen molar-refractivity contribution in [3.05, 3.63) is 203 Å². The van der Waals surface area contributed by atoms with E-state index in [-0.39, 0.29) is 41.0 Å². The third kappa shape index (κ3) is 12.7. The van der Waals surface area contributed by atoms with Crippen LogP contribution in [0.4, 0.5) is 23.1 Å². The minimum atomic E-state index is -3.18. The van der Waals surface area contributed by atoms with Crippen LogP contribution in [0, 0.1) is 5.21 Å². The second-order valence-electron chi connectivity index (χ2n) is 25.7. The van der Waals surface area contributed by atoms with Crippen LogP contribution in [0.5, 0.6) is 0 Å². The Bertz CT molecular complexity index is 5320. The number of nitrogens with zero attached hydrogens (tertiary/aromatic N) is 12. The number of likely N-dealkylation sites (tertiary alicyclic amines) is 2. The zero-order valence-electron chi connectivity index (χ0n) is 54.9. The summed E-state index contributed by atoms with van der Waals surface area (Å²) in [6, 6.07) is 38.6. The van der Waals surface area contributed by atoms with E-state index < -0.39 is 15.2 Å². The molecule has 1 atom stereocenters. The predicted molar refractivity (Wildman–Crippen MR) is 389 cm³/mol. The van der Waals surface area contributed by atoms with Gasteiger partial charge in [0.05, 0.1) is 28.4 Å². The van der Waals surface area contributed by atoms with Crippen LogP contribution in [-0.4, -0.2) is 143 Å². The number of hydrogen-bond acceptors (Lipinski definition) is 16. The minimum absolute atomic E-state index is 0.0921. The van der Waals surface area contributed by atoms with E-state index >= 15 is 0 Å². The number of carbonyl (C=O) groups excluding carboxylic acids is 2. The van der Waals surface area contributed by atoms with Crippen molar-refractivity contribution in [2.75, 3.05) is 62.2 Å². The number of anilines is 3. The van der Waals surface area contributed by atoms with E-state index in [2.05, 4.69) is 76.8 Å². The molecule has 0 saturated carbocycles. The van der Waals surface area contributed by atoms with Crippen LogP contribution in [0.15, 0.2) is 169 Å². The molecule has 0 radical (unpaired) electrons. The number of amides is 2. The van der Waals surface area contributed by atoms with Gasteiger partial charge in [-0.05, 0) is 105 Å². The maximum atomic E-state index is 13.0. The first kappa shape index (κ1) is 65.1. The Morgan fingerprint density at radius 2 is 0.930 bits per heavy atom. The van der Waals surface area contributed by atoms with Crippen LogP contribution in [0.3, 0.4) is 0 Å². The zero-order valence-corrected chi connectivity index (χ0v) is 56.5. The third-order valence-corrected chi connectivity index (χ3v) is 22.2. The molecule has 1 unspecified atom stereocenters. The molecule has 0 aliphatic carbocycles. The van der Waals surface area contributed by atoms with Gasteiger partial charge in [0.25, 0.3) is 11.8 Å². The van der Waals surface area contributed by atoms with E-state index in [4.69, 9.17) is 37.4 Å². The number of benzene rings is 4. The number of hydrogen-bond donors (Lipinski definition) is 8. The number of rotatable bonds is 13. The molecule has 100 heavy (non-hydrogen) atoms. The monoisotopic (exact) mass is 1380 g/mol. The van der Waals surface area contributed by atoms with Crippen molar-refractivity contribution in [2.24, 2.45) is 0 Å². The highest BCUT2D eigenvalue weighted by Gasteiger charge is 2.34. The number of unbranched alkanes of at least 4 members (excludes halogenated alkanes) is 1. The standard InChI is InChI=1S/C26H25N7O3.C24H22N6OS.C23H28N6O2S/c27-24-23-22(21-15-18-3-1-2-4-20(18)29-21)30-25(32(23)14-11-28-24)16-9-12-31(13-10-16)26(34)17-5-7-19(8-6-17)33(35)36;25-22-21-20(19-13-16-3-1-2-4-18(16)27-19)28-23(30(21)11-8-26-22)15-5-9-29(10-6-15)24(31)17-7-12-32-14-17;1-2-3-14-32(30,31)28-11-8-16(9-12-28)23-27-20(21-22(24)25-10-13-29(21)23)19-15-17-6-4-5-7-18(17)26-19/h1-8,11,14-16,29,33,35H,9-10,12-13H2,(H2,27,28);1-4,7-8,11-15,27H,5-6,9-10H2,(H2,25,26);4-7,10,13,15-16,26H,2-3,8-9,11-12,14H2,1H3,(H2,24,25). The molecule has 0 spiro atoms. The Labute approximate surface area is 578 Å². The number of thiophene rings is 1. The quantitative estimate of drug-likeness (QED) is 0.0497. The lowest BCUT2D eigenvalue weighted by atomic mass is 9.95. The molecule has 27 heteroatoms. The highest BCUT2D eigenvalue weighted by atomic mass is 32.2. The van der Waals surface area contributed by atoms with E-state index in [1.807, 2.05) is 109 Å². The first-order valence-electron chi connectivity index (χ1n) is 33.7. The summed E-state index contributed by atoms with van der Waals surface area (Å²) in [5.74, 6) is 4.91. The van der Waals surface area contributed by atoms with Gasteiger partial charge in [-0.2, -0.15) is 16.6 Å². The van der Waals surface area contributed by atoms with E-state index in [1.54, 1.807) is 46.4 Å². The molecule has 0 bridgehead atoms. The number of piperidine rings is 3. The van der Waals surface area contributed by atoms with Crippen LogP contribution in [-0.2, 0) is 10.0 Å². The van der Waals surface area contributed by atoms with Crippen molar-refractivity contribution in [1.82, 2.24) is 72.2 Å². The Hall–Kier alpha value is -10.8. The number of nitrogens with two attached hydrogens (primary N) is 3. The highest BCUT2D eigenvalue weighted by molar-refractivity contribution is 7.89. The minimum Gasteiger partial charge on any atom is -0.595 e. The number of H-pyrrole nitrogens is 3. The van der Waals surface area contributed by atoms with Crippen LogP contribution in [0.25, 0.3) is 83.4 Å². The van der Waals surface area contributed by atoms with Gasteiger partial charge in [0, 0.05) is 150 Å². The molecular formula is C73H75N19O6S2. The zero-order chi connectivity index (χ0) is 68.8. The summed E-state index contributed by atoms with van der Waals surface area (Å²) in [6.07, 6.45) is 17.1. The molecule has 17 rings (SSSR count). The number of carbonyl (C=O) groups is 2. The topological polar surface area (TPSA) is 342 Å². The fourth-order valence-electron chi connectivity index (χ4n) is 14.3. The molecule has 3 saturated heterocycles. The number of nitrogens with one attached hydrogen (secondary N) is 4. The lowest BCUT2D eigenvalue weighted by Gasteiger charge is -2.31. The Balaban J connectivity index is 0.000000122. The predicted octanol–water partition coefficient (Wildman–Crippen LogP) is 11.2. The molecule has 4 aromatic carbocycles. The van der Waals surface area contributed by atoms with Gasteiger partial charge >= 0.3 is 0 Å². The van der Waals surface area contributed by atoms with Crippen molar-refractivity contribution in [1.29, 1.82) is 0 Å². The molecule has 510 valence electrons. The maximum absolute atomic E-state index is 13.0. The molecule has 25 nitrogen and oxygen atoms in total. The smallest absolute Gasteiger partial charge is 0.254 e. The lowest BCUT2D eigenvalue weighted by molar-refractivity contribution is -0.991. The van der Waals surface area contributed by atoms with Gasteiger partial charge < -0.3 is 47.2 Å². The normalized spacial score (nSPS) is 15.6. The SMILES string of the molecule is CCCCS(=O)(=O)N1CCC(c2nc(-c3cc4ccccc4[nH]3)c3c(N)nccn23)CC1.Nc1nccn2c(C3CCN(C(=O)c4ccc([NH+]([O-])O)cc4)CC3)nc(-c3cc4ccccc4[nH]3)c12.Nc1nccn2c(C3CCN(C(=O)c4ccsc4)CC3)nc(-c3cc4ccccc4[nH]3)c12. The van der Waals surface area contributed by atoms with Crippen molar-refractivity contribution in [3.8, 4) is 34.2 Å². The van der Waals surface area contributed by atoms with Gasteiger partial charge in [-0.3, -0.25) is 22.8 Å². The first-order valence-corrected chi connectivity index (χ1v) is 36.2. The van der Waals surface area contributed by atoms with Crippen LogP contribution in [0.1, 0.15) is 114 Å². The summed E-state index contributed by atoms with van der Waals surface area (Å²) in [5.41, 5.74) is 30.9. The maximum Gasteiger partial charge on any atom is 0.254 e. The van der Waals surface area contributed by atoms with E-state index in [0.29, 0.717) is 55.6 Å². The Morgan fingerprint density at radius 3 is 1.29 bits per heavy atom. The van der Waals surface area contributed by atoms with Crippen LogP contribution < -0.4 is 22.4 Å². The van der Waals surface area contributed by atoms with Gasteiger partial charge in [-0.25, -0.2) is 47.8 Å². The number of quaternary nitrogens is 1.